The van der Waals surface area contributed by atoms with Crippen LogP contribution in [0.1, 0.15) is 64.7 Å². The van der Waals surface area contributed by atoms with E-state index in [1.54, 1.807) is 0 Å². The summed E-state index contributed by atoms with van der Waals surface area (Å²) in [5, 5.41) is 3.26. The molecule has 2 rings (SSSR count). The van der Waals surface area contributed by atoms with Gasteiger partial charge >= 0.3 is 0 Å². The fourth-order valence-corrected chi connectivity index (χ4v) is 3.27. The van der Waals surface area contributed by atoms with Crippen molar-refractivity contribution in [2.45, 2.75) is 70.8 Å². The van der Waals surface area contributed by atoms with E-state index in [1.165, 1.54) is 51.4 Å². The van der Waals surface area contributed by atoms with E-state index in [-0.39, 0.29) is 0 Å². The Balaban J connectivity index is 1.72. The largest absolute Gasteiger partial charge is 0.353 e. The summed E-state index contributed by atoms with van der Waals surface area (Å²) in [6.45, 7) is 2.28. The lowest BCUT2D eigenvalue weighted by Crippen LogP contribution is -2.41. The van der Waals surface area contributed by atoms with Crippen molar-refractivity contribution in [1.82, 2.24) is 5.32 Å². The normalized spacial score (nSPS) is 31.6. The molecule has 0 aromatic carbocycles. The van der Waals surface area contributed by atoms with Crippen LogP contribution in [-0.4, -0.2) is 11.9 Å². The highest BCUT2D eigenvalue weighted by Gasteiger charge is 2.24. The van der Waals surface area contributed by atoms with E-state index in [2.05, 4.69) is 12.2 Å². The lowest BCUT2D eigenvalue weighted by atomic mass is 9.86. The molecule has 2 aliphatic carbocycles. The molecule has 0 bridgehead atoms. The summed E-state index contributed by atoms with van der Waals surface area (Å²) >= 11 is 0. The molecule has 2 atom stereocenters. The SMILES string of the molecule is CC1CCCCC1NC(=O)CC1CCCC1. The van der Waals surface area contributed by atoms with Crippen molar-refractivity contribution in [2.24, 2.45) is 11.8 Å². The summed E-state index contributed by atoms with van der Waals surface area (Å²) < 4.78 is 0. The van der Waals surface area contributed by atoms with Crippen molar-refractivity contribution in [3.63, 3.8) is 0 Å². The molecule has 2 unspecified atom stereocenters. The molecule has 0 saturated heterocycles. The van der Waals surface area contributed by atoms with Crippen molar-refractivity contribution in [2.75, 3.05) is 0 Å². The van der Waals surface area contributed by atoms with Crippen molar-refractivity contribution >= 4 is 5.91 Å². The highest BCUT2D eigenvalue weighted by atomic mass is 16.1. The minimum Gasteiger partial charge on any atom is -0.353 e. The predicted molar refractivity (Wildman–Crippen MR) is 66.1 cm³/mol. The van der Waals surface area contributed by atoms with Crippen LogP contribution in [0.4, 0.5) is 0 Å². The summed E-state index contributed by atoms with van der Waals surface area (Å²) in [5.74, 6) is 1.67. The van der Waals surface area contributed by atoms with Gasteiger partial charge in [0.1, 0.15) is 0 Å². The van der Waals surface area contributed by atoms with E-state index < -0.39 is 0 Å². The lowest BCUT2D eigenvalue weighted by Gasteiger charge is -2.29. The Hall–Kier alpha value is -0.530. The molecule has 0 spiro atoms. The van der Waals surface area contributed by atoms with Crippen LogP contribution in [0.25, 0.3) is 0 Å². The molecule has 0 heterocycles. The van der Waals surface area contributed by atoms with Crippen molar-refractivity contribution in [3.8, 4) is 0 Å². The van der Waals surface area contributed by atoms with Gasteiger partial charge < -0.3 is 5.32 Å². The number of hydrogen-bond acceptors (Lipinski definition) is 1. The van der Waals surface area contributed by atoms with Crippen LogP contribution < -0.4 is 5.32 Å². The van der Waals surface area contributed by atoms with Gasteiger partial charge in [-0.3, -0.25) is 4.79 Å². The van der Waals surface area contributed by atoms with Crippen LogP contribution in [0, 0.1) is 11.8 Å². The van der Waals surface area contributed by atoms with Crippen LogP contribution in [0.5, 0.6) is 0 Å². The molecule has 2 aliphatic rings. The zero-order valence-electron chi connectivity index (χ0n) is 10.5. The molecule has 0 aliphatic heterocycles. The molecule has 2 nitrogen and oxygen atoms in total. The van der Waals surface area contributed by atoms with Crippen LogP contribution in [0.2, 0.25) is 0 Å². The number of hydrogen-bond donors (Lipinski definition) is 1. The van der Waals surface area contributed by atoms with Gasteiger partial charge in [0.25, 0.3) is 0 Å². The Kier molecular flexibility index (Phi) is 4.25. The standard InChI is InChI=1S/C14H25NO/c1-11-6-2-5-9-13(11)15-14(16)10-12-7-3-4-8-12/h11-13H,2-10H2,1H3,(H,15,16). The first-order valence-corrected chi connectivity index (χ1v) is 7.05. The van der Waals surface area contributed by atoms with Gasteiger partial charge in [-0.25, -0.2) is 0 Å². The van der Waals surface area contributed by atoms with Gasteiger partial charge in [-0.2, -0.15) is 0 Å². The molecule has 0 aromatic rings. The Bertz CT molecular complexity index is 233. The van der Waals surface area contributed by atoms with Crippen LogP contribution in [-0.2, 0) is 4.79 Å². The van der Waals surface area contributed by atoms with Crippen molar-refractivity contribution in [1.29, 1.82) is 0 Å². The average molecular weight is 223 g/mol. The smallest absolute Gasteiger partial charge is 0.220 e. The van der Waals surface area contributed by atoms with Gasteiger partial charge in [-0.1, -0.05) is 32.6 Å². The molecular weight excluding hydrogens is 198 g/mol. The molecule has 1 N–H and O–H groups in total. The summed E-state index contributed by atoms with van der Waals surface area (Å²) in [6.07, 6.45) is 11.1. The summed E-state index contributed by atoms with van der Waals surface area (Å²) in [7, 11) is 0. The molecule has 2 saturated carbocycles. The minimum atomic E-state index is 0.311. The zero-order valence-corrected chi connectivity index (χ0v) is 10.5. The molecule has 0 aromatic heterocycles. The number of nitrogens with one attached hydrogen (secondary N) is 1. The Morgan fingerprint density at radius 1 is 1.06 bits per heavy atom. The molecular formula is C14H25NO. The van der Waals surface area contributed by atoms with E-state index in [1.807, 2.05) is 0 Å². The van der Waals surface area contributed by atoms with Crippen LogP contribution in [0.3, 0.4) is 0 Å². The van der Waals surface area contributed by atoms with Crippen molar-refractivity contribution < 1.29 is 4.79 Å². The highest BCUT2D eigenvalue weighted by molar-refractivity contribution is 5.76. The van der Waals surface area contributed by atoms with E-state index in [9.17, 15) is 4.79 Å². The molecule has 1 amide bonds. The van der Waals surface area contributed by atoms with Gasteiger partial charge in [-0.05, 0) is 37.5 Å². The van der Waals surface area contributed by atoms with Gasteiger partial charge in [-0.15, -0.1) is 0 Å². The zero-order chi connectivity index (χ0) is 11.4. The first-order chi connectivity index (χ1) is 7.75. The van der Waals surface area contributed by atoms with Gasteiger partial charge in [0, 0.05) is 12.5 Å². The third kappa shape index (κ3) is 3.23. The maximum Gasteiger partial charge on any atom is 0.220 e. The van der Waals surface area contributed by atoms with Gasteiger partial charge in [0.2, 0.25) is 5.91 Å². The molecule has 2 heteroatoms. The molecule has 2 fully saturated rings. The first-order valence-electron chi connectivity index (χ1n) is 7.05. The predicted octanol–water partition coefficient (Wildman–Crippen LogP) is 3.26. The summed E-state index contributed by atoms with van der Waals surface area (Å²) in [6, 6.07) is 0.461. The second-order valence-corrected chi connectivity index (χ2v) is 5.79. The second-order valence-electron chi connectivity index (χ2n) is 5.79. The monoisotopic (exact) mass is 223 g/mol. The number of rotatable bonds is 3. The lowest BCUT2D eigenvalue weighted by molar-refractivity contribution is -0.123. The molecule has 92 valence electrons. The van der Waals surface area contributed by atoms with E-state index in [4.69, 9.17) is 0 Å². The topological polar surface area (TPSA) is 29.1 Å². The molecule has 0 radical (unpaired) electrons. The maximum atomic E-state index is 11.9. The minimum absolute atomic E-state index is 0.311. The molecule has 16 heavy (non-hydrogen) atoms. The highest BCUT2D eigenvalue weighted by Crippen LogP contribution is 2.28. The van der Waals surface area contributed by atoms with Crippen LogP contribution >= 0.6 is 0 Å². The summed E-state index contributed by atoms with van der Waals surface area (Å²) in [4.78, 5) is 11.9. The van der Waals surface area contributed by atoms with Crippen molar-refractivity contribution in [3.05, 3.63) is 0 Å². The third-order valence-electron chi connectivity index (χ3n) is 4.41. The fourth-order valence-electron chi connectivity index (χ4n) is 3.27. The van der Waals surface area contributed by atoms with Crippen LogP contribution in [0.15, 0.2) is 0 Å². The number of carbonyl (C=O) groups is 1. The fraction of sp³-hybridized carbons (Fsp3) is 0.929. The number of carbonyl (C=O) groups excluding carboxylic acids is 1. The number of amides is 1. The summed E-state index contributed by atoms with van der Waals surface area (Å²) in [5.41, 5.74) is 0. The Morgan fingerprint density at radius 3 is 2.38 bits per heavy atom. The third-order valence-corrected chi connectivity index (χ3v) is 4.41. The first kappa shape index (κ1) is 11.9. The van der Waals surface area contributed by atoms with E-state index >= 15 is 0 Å². The van der Waals surface area contributed by atoms with Gasteiger partial charge in [0.05, 0.1) is 0 Å². The van der Waals surface area contributed by atoms with Gasteiger partial charge in [0.15, 0.2) is 0 Å². The second kappa shape index (κ2) is 5.70. The maximum absolute atomic E-state index is 11.9. The quantitative estimate of drug-likeness (QED) is 0.781. The Morgan fingerprint density at radius 2 is 1.69 bits per heavy atom. The Labute approximate surface area is 99.2 Å². The average Bonchev–Trinajstić information content (AvgIpc) is 2.74. The van der Waals surface area contributed by atoms with E-state index in [0.29, 0.717) is 23.8 Å². The van der Waals surface area contributed by atoms with E-state index in [0.717, 1.165) is 6.42 Å².